The predicted molar refractivity (Wildman–Crippen MR) is 45.1 cm³/mol. The first-order chi connectivity index (χ1) is 6.61. The molecule has 0 N–H and O–H groups in total. The van der Waals surface area contributed by atoms with Crippen LogP contribution in [0.4, 0.5) is 5.69 Å². The summed E-state index contributed by atoms with van der Waals surface area (Å²) in [5.41, 5.74) is -0.575. The molecule has 0 radical (unpaired) electrons. The fourth-order valence-electron chi connectivity index (χ4n) is 1.30. The van der Waals surface area contributed by atoms with Crippen molar-refractivity contribution in [3.8, 4) is 0 Å². The molecular formula is C8H3CsN2O4. The summed E-state index contributed by atoms with van der Waals surface area (Å²) in [4.78, 5) is 32.0. The van der Waals surface area contributed by atoms with E-state index >= 15 is 0 Å². The Labute approximate surface area is 143 Å². The van der Waals surface area contributed by atoms with Gasteiger partial charge in [0.05, 0.1) is 22.3 Å². The van der Waals surface area contributed by atoms with Gasteiger partial charge in [0.1, 0.15) is 0 Å². The topological polar surface area (TPSA) is 91.4 Å². The Morgan fingerprint density at radius 2 is 1.87 bits per heavy atom. The van der Waals surface area contributed by atoms with Crippen LogP contribution in [0, 0.1) is 10.1 Å². The quantitative estimate of drug-likeness (QED) is 0.349. The van der Waals surface area contributed by atoms with Gasteiger partial charge in [-0.25, -0.2) is 0 Å². The van der Waals surface area contributed by atoms with Gasteiger partial charge < -0.3 is 14.9 Å². The second-order valence-corrected chi connectivity index (χ2v) is 2.68. The minimum absolute atomic E-state index is 0. The number of carbonyl (C=O) groups is 2. The molecule has 1 aliphatic heterocycles. The van der Waals surface area contributed by atoms with E-state index in [1.165, 1.54) is 18.2 Å². The number of hydrogen-bond donors (Lipinski definition) is 0. The largest absolute Gasteiger partial charge is 1.00 e. The Morgan fingerprint density at radius 3 is 2.47 bits per heavy atom. The van der Waals surface area contributed by atoms with Gasteiger partial charge in [-0.3, -0.25) is 10.1 Å². The first kappa shape index (κ1) is 12.9. The molecule has 2 amide bonds. The fraction of sp³-hybridized carbons (Fsp3) is 0. The van der Waals surface area contributed by atoms with Crippen LogP contribution in [0.25, 0.3) is 5.32 Å². The maximum Gasteiger partial charge on any atom is 1.00 e. The summed E-state index contributed by atoms with van der Waals surface area (Å²) in [6.07, 6.45) is 0. The number of imide groups is 1. The van der Waals surface area contributed by atoms with E-state index in [2.05, 4.69) is 5.32 Å². The van der Waals surface area contributed by atoms with Gasteiger partial charge >= 0.3 is 68.9 Å². The number of fused-ring (bicyclic) bond motifs is 1. The van der Waals surface area contributed by atoms with E-state index in [1.54, 1.807) is 0 Å². The third kappa shape index (κ3) is 2.17. The van der Waals surface area contributed by atoms with Gasteiger partial charge in [-0.1, -0.05) is 12.1 Å². The molecule has 15 heavy (non-hydrogen) atoms. The molecule has 0 bridgehead atoms. The fourth-order valence-corrected chi connectivity index (χ4v) is 1.30. The zero-order valence-electron chi connectivity index (χ0n) is 7.76. The van der Waals surface area contributed by atoms with Crippen molar-refractivity contribution >= 4 is 17.5 Å². The summed E-state index contributed by atoms with van der Waals surface area (Å²) >= 11 is 0. The van der Waals surface area contributed by atoms with Gasteiger partial charge in [-0.05, 0) is 0 Å². The third-order valence-corrected chi connectivity index (χ3v) is 1.89. The van der Waals surface area contributed by atoms with E-state index in [0.717, 1.165) is 0 Å². The Hall–Kier alpha value is -0.188. The van der Waals surface area contributed by atoms with Crippen LogP contribution < -0.4 is 68.9 Å². The number of benzene rings is 1. The zero-order chi connectivity index (χ0) is 10.3. The Morgan fingerprint density at radius 1 is 1.20 bits per heavy atom. The van der Waals surface area contributed by atoms with Gasteiger partial charge in [0.15, 0.2) is 0 Å². The SMILES string of the molecule is O=C1[N-]C(=O)c2c1cccc2[N+](=O)[O-].[Cs+]. The monoisotopic (exact) mass is 324 g/mol. The third-order valence-electron chi connectivity index (χ3n) is 1.89. The first-order valence-corrected chi connectivity index (χ1v) is 3.69. The van der Waals surface area contributed by atoms with Gasteiger partial charge in [-0.2, -0.15) is 0 Å². The molecule has 2 rings (SSSR count). The number of rotatable bonds is 1. The number of carbonyl (C=O) groups excluding carboxylic acids is 2. The van der Waals surface area contributed by atoms with E-state index in [0.29, 0.717) is 0 Å². The van der Waals surface area contributed by atoms with E-state index in [4.69, 9.17) is 0 Å². The van der Waals surface area contributed by atoms with Gasteiger partial charge in [-0.15, -0.1) is 0 Å². The number of amides is 2. The number of nitro groups is 1. The Kier molecular flexibility index (Phi) is 4.09. The Balaban J connectivity index is 0.00000112. The van der Waals surface area contributed by atoms with Crippen LogP contribution in [0.3, 0.4) is 0 Å². The maximum absolute atomic E-state index is 11.1. The molecule has 70 valence electrons. The molecule has 0 saturated heterocycles. The number of nitro benzene ring substituents is 1. The van der Waals surface area contributed by atoms with Crippen molar-refractivity contribution in [1.29, 1.82) is 0 Å². The summed E-state index contributed by atoms with van der Waals surface area (Å²) in [7, 11) is 0. The molecule has 0 spiro atoms. The smallest absolute Gasteiger partial charge is 0.587 e. The molecule has 6 nitrogen and oxygen atoms in total. The zero-order valence-corrected chi connectivity index (χ0v) is 14.0. The predicted octanol–water partition coefficient (Wildman–Crippen LogP) is -1.73. The number of nitrogens with zero attached hydrogens (tertiary/aromatic N) is 2. The molecule has 0 unspecified atom stereocenters. The van der Waals surface area contributed by atoms with Gasteiger partial charge in [0.25, 0.3) is 5.69 Å². The standard InChI is InChI=1S/C8H4N2O4.Cs/c11-7-4-2-1-3-5(10(13)14)6(4)8(12)9-7;/h1-3H,(H,9,11,12);/q;+1/p-1. The normalized spacial score (nSPS) is 12.8. The molecule has 1 aliphatic rings. The molecule has 1 heterocycles. The average molecular weight is 324 g/mol. The van der Waals surface area contributed by atoms with Crippen LogP contribution in [0.5, 0.6) is 0 Å². The van der Waals surface area contributed by atoms with Crippen LogP contribution in [0.1, 0.15) is 20.7 Å². The summed E-state index contributed by atoms with van der Waals surface area (Å²) in [5.74, 6) is -1.55. The van der Waals surface area contributed by atoms with Gasteiger partial charge in [0.2, 0.25) is 0 Å². The van der Waals surface area contributed by atoms with Crippen molar-refractivity contribution in [2.75, 3.05) is 0 Å². The Bertz CT molecular complexity index is 472. The maximum atomic E-state index is 11.1. The summed E-state index contributed by atoms with van der Waals surface area (Å²) in [6.45, 7) is 0. The molecule has 7 heteroatoms. The van der Waals surface area contributed by atoms with Crippen molar-refractivity contribution in [2.24, 2.45) is 0 Å². The van der Waals surface area contributed by atoms with E-state index in [9.17, 15) is 19.7 Å². The summed E-state index contributed by atoms with van der Waals surface area (Å²) in [6, 6.07) is 3.87. The molecule has 0 aliphatic carbocycles. The molecule has 0 atom stereocenters. The molecular weight excluding hydrogens is 321 g/mol. The van der Waals surface area contributed by atoms with Crippen molar-refractivity contribution in [3.05, 3.63) is 44.8 Å². The molecule has 0 fully saturated rings. The van der Waals surface area contributed by atoms with Crippen LogP contribution in [0.15, 0.2) is 18.2 Å². The first-order valence-electron chi connectivity index (χ1n) is 3.69. The van der Waals surface area contributed by atoms with Crippen LogP contribution in [-0.2, 0) is 0 Å². The van der Waals surface area contributed by atoms with Crippen molar-refractivity contribution in [2.45, 2.75) is 0 Å². The van der Waals surface area contributed by atoms with Crippen molar-refractivity contribution < 1.29 is 83.4 Å². The average Bonchev–Trinajstić information content (AvgIpc) is 2.43. The van der Waals surface area contributed by atoms with Crippen LogP contribution >= 0.6 is 0 Å². The minimum Gasteiger partial charge on any atom is -0.587 e. The van der Waals surface area contributed by atoms with E-state index < -0.39 is 16.7 Å². The molecule has 0 saturated carbocycles. The van der Waals surface area contributed by atoms with E-state index in [1.807, 2.05) is 0 Å². The van der Waals surface area contributed by atoms with Gasteiger partial charge in [0, 0.05) is 11.6 Å². The van der Waals surface area contributed by atoms with Crippen LogP contribution in [0.2, 0.25) is 0 Å². The minimum atomic E-state index is -0.836. The summed E-state index contributed by atoms with van der Waals surface area (Å²) < 4.78 is 0. The van der Waals surface area contributed by atoms with E-state index in [-0.39, 0.29) is 85.7 Å². The second kappa shape index (κ2) is 4.77. The van der Waals surface area contributed by atoms with Crippen LogP contribution in [-0.4, -0.2) is 16.7 Å². The molecule has 0 aromatic heterocycles. The second-order valence-electron chi connectivity index (χ2n) is 2.68. The molecule has 1 aromatic rings. The van der Waals surface area contributed by atoms with Crippen molar-refractivity contribution in [1.82, 2.24) is 0 Å². The molecule has 1 aromatic carbocycles. The number of hydrogen-bond acceptors (Lipinski definition) is 4. The van der Waals surface area contributed by atoms with Crippen molar-refractivity contribution in [3.63, 3.8) is 0 Å². The summed E-state index contributed by atoms with van der Waals surface area (Å²) in [5, 5.41) is 13.6.